The van der Waals surface area contributed by atoms with E-state index < -0.39 is 0 Å². The van der Waals surface area contributed by atoms with Gasteiger partial charge in [0.05, 0.1) is 11.4 Å². The predicted molar refractivity (Wildman–Crippen MR) is 122 cm³/mol. The number of nitrogens with zero attached hydrogens (tertiary/aromatic N) is 5. The maximum absolute atomic E-state index is 4.41. The molecule has 1 aliphatic heterocycles. The van der Waals surface area contributed by atoms with Crippen LogP contribution in [0.2, 0.25) is 0 Å². The summed E-state index contributed by atoms with van der Waals surface area (Å²) in [5.41, 5.74) is 3.31. The van der Waals surface area contributed by atoms with Crippen molar-refractivity contribution < 1.29 is 0 Å². The Morgan fingerprint density at radius 2 is 1.83 bits per heavy atom. The van der Waals surface area contributed by atoms with Gasteiger partial charge in [-0.3, -0.25) is 4.68 Å². The van der Waals surface area contributed by atoms with Crippen molar-refractivity contribution >= 4 is 5.82 Å². The second-order valence-electron chi connectivity index (χ2n) is 10.8. The number of hydrogen-bond donors (Lipinski definition) is 1. The van der Waals surface area contributed by atoms with Gasteiger partial charge >= 0.3 is 0 Å². The zero-order chi connectivity index (χ0) is 21.5. The lowest BCUT2D eigenvalue weighted by atomic mass is 9.82. The van der Waals surface area contributed by atoms with Gasteiger partial charge in [-0.2, -0.15) is 5.10 Å². The first-order chi connectivity index (χ1) is 14.2. The van der Waals surface area contributed by atoms with Crippen LogP contribution in [0.25, 0.3) is 11.3 Å². The molecule has 0 radical (unpaired) electrons. The Kier molecular flexibility index (Phi) is 5.88. The Balaban J connectivity index is 1.24. The Hall–Kier alpha value is -1.95. The van der Waals surface area contributed by atoms with Crippen LogP contribution in [0.15, 0.2) is 18.3 Å². The molecule has 2 aromatic rings. The predicted octanol–water partition coefficient (Wildman–Crippen LogP) is 4.24. The molecular weight excluding hydrogens is 372 g/mol. The fraction of sp³-hybridized carbons (Fsp3) is 0.708. The van der Waals surface area contributed by atoms with Crippen molar-refractivity contribution in [3.8, 4) is 11.3 Å². The van der Waals surface area contributed by atoms with Crippen LogP contribution in [-0.4, -0.2) is 51.1 Å². The molecule has 2 aromatic heterocycles. The lowest BCUT2D eigenvalue weighted by Gasteiger charge is -2.31. The van der Waals surface area contributed by atoms with Crippen molar-refractivity contribution in [1.82, 2.24) is 24.9 Å². The maximum atomic E-state index is 4.41. The van der Waals surface area contributed by atoms with Crippen molar-refractivity contribution in [2.24, 2.45) is 36.1 Å². The highest BCUT2D eigenvalue weighted by molar-refractivity contribution is 5.61. The monoisotopic (exact) mass is 410 g/mol. The van der Waals surface area contributed by atoms with Crippen LogP contribution in [0.3, 0.4) is 0 Å². The molecule has 0 amide bonds. The van der Waals surface area contributed by atoms with Crippen molar-refractivity contribution in [2.75, 3.05) is 31.5 Å². The van der Waals surface area contributed by atoms with Crippen LogP contribution < -0.4 is 5.32 Å². The summed E-state index contributed by atoms with van der Waals surface area (Å²) >= 11 is 0. The third kappa shape index (κ3) is 4.69. The average molecular weight is 411 g/mol. The van der Waals surface area contributed by atoms with Gasteiger partial charge in [0.25, 0.3) is 0 Å². The van der Waals surface area contributed by atoms with E-state index in [-0.39, 0.29) is 0 Å². The fourth-order valence-corrected chi connectivity index (χ4v) is 5.17. The van der Waals surface area contributed by atoms with Gasteiger partial charge in [-0.25, -0.2) is 0 Å². The first-order valence-corrected chi connectivity index (χ1v) is 11.5. The molecule has 3 heterocycles. The number of aromatic nitrogens is 4. The van der Waals surface area contributed by atoms with E-state index >= 15 is 0 Å². The number of anilines is 1. The summed E-state index contributed by atoms with van der Waals surface area (Å²) in [4.78, 5) is 2.72. The minimum atomic E-state index is 0.399. The molecule has 0 spiro atoms. The van der Waals surface area contributed by atoms with Gasteiger partial charge in [0.1, 0.15) is 5.82 Å². The minimum absolute atomic E-state index is 0.399. The second kappa shape index (κ2) is 8.29. The largest absolute Gasteiger partial charge is 0.368 e. The third-order valence-electron chi connectivity index (χ3n) is 7.46. The summed E-state index contributed by atoms with van der Waals surface area (Å²) in [6.45, 7) is 16.3. The first kappa shape index (κ1) is 21.3. The number of rotatable bonds is 6. The Bertz CT molecular complexity index is 836. The minimum Gasteiger partial charge on any atom is -0.368 e. The topological polar surface area (TPSA) is 58.9 Å². The standard InChI is InChI=1S/C24H38N6/c1-16(24(3,4)5)12-30-13-19-9-18(10-20(19)14-30)11-25-23-8-7-22(26-27-23)21-15-29(6)28-17(21)2/h7-8,15-16,18-20H,9-14H2,1-6H3,(H,25,27). The molecule has 4 rings (SSSR count). The van der Waals surface area contributed by atoms with Gasteiger partial charge in [0.15, 0.2) is 0 Å². The Labute approximate surface area is 181 Å². The number of hydrogen-bond acceptors (Lipinski definition) is 5. The molecule has 3 atom stereocenters. The van der Waals surface area contributed by atoms with Gasteiger partial charge in [-0.15, -0.1) is 10.2 Å². The van der Waals surface area contributed by atoms with E-state index in [0.717, 1.165) is 53.0 Å². The third-order valence-corrected chi connectivity index (χ3v) is 7.46. The average Bonchev–Trinajstić information content (AvgIpc) is 3.32. The molecule has 1 N–H and O–H groups in total. The van der Waals surface area contributed by atoms with Crippen molar-refractivity contribution in [2.45, 2.75) is 47.5 Å². The van der Waals surface area contributed by atoms with Crippen LogP contribution >= 0.6 is 0 Å². The van der Waals surface area contributed by atoms with Gasteiger partial charge in [0, 0.05) is 45.0 Å². The Morgan fingerprint density at radius 3 is 2.37 bits per heavy atom. The zero-order valence-corrected chi connectivity index (χ0v) is 19.5. The highest BCUT2D eigenvalue weighted by Gasteiger charge is 2.41. The van der Waals surface area contributed by atoms with Crippen LogP contribution in [0.5, 0.6) is 0 Å². The molecule has 6 nitrogen and oxygen atoms in total. The Morgan fingerprint density at radius 1 is 1.13 bits per heavy atom. The van der Waals surface area contributed by atoms with Crippen LogP contribution in [0, 0.1) is 36.0 Å². The second-order valence-corrected chi connectivity index (χ2v) is 10.8. The van der Waals surface area contributed by atoms with E-state index in [1.165, 1.54) is 32.5 Å². The molecule has 3 unspecified atom stereocenters. The number of aryl methyl sites for hydroxylation is 2. The maximum Gasteiger partial charge on any atom is 0.148 e. The van der Waals surface area contributed by atoms with Gasteiger partial charge < -0.3 is 10.2 Å². The molecule has 1 saturated carbocycles. The molecule has 2 fully saturated rings. The van der Waals surface area contributed by atoms with Crippen LogP contribution in [-0.2, 0) is 7.05 Å². The summed E-state index contributed by atoms with van der Waals surface area (Å²) < 4.78 is 1.82. The highest BCUT2D eigenvalue weighted by atomic mass is 15.3. The molecule has 2 aliphatic rings. The highest BCUT2D eigenvalue weighted by Crippen LogP contribution is 2.42. The van der Waals surface area contributed by atoms with E-state index in [1.807, 2.05) is 37.0 Å². The molecule has 1 aliphatic carbocycles. The summed E-state index contributed by atoms with van der Waals surface area (Å²) in [5.74, 6) is 4.13. The molecule has 0 aromatic carbocycles. The van der Waals surface area contributed by atoms with Crippen molar-refractivity contribution in [3.05, 3.63) is 24.0 Å². The van der Waals surface area contributed by atoms with Crippen molar-refractivity contribution in [1.29, 1.82) is 0 Å². The lowest BCUT2D eigenvalue weighted by molar-refractivity contribution is 0.173. The molecule has 6 heteroatoms. The first-order valence-electron chi connectivity index (χ1n) is 11.5. The van der Waals surface area contributed by atoms with E-state index in [1.54, 1.807) is 0 Å². The summed E-state index contributed by atoms with van der Waals surface area (Å²) in [5, 5.41) is 16.7. The van der Waals surface area contributed by atoms with E-state index in [0.29, 0.717) is 5.41 Å². The molecular formula is C24H38N6. The molecule has 30 heavy (non-hydrogen) atoms. The molecule has 1 saturated heterocycles. The summed E-state index contributed by atoms with van der Waals surface area (Å²) in [6.07, 6.45) is 4.69. The van der Waals surface area contributed by atoms with Gasteiger partial charge in [-0.1, -0.05) is 27.7 Å². The number of likely N-dealkylation sites (tertiary alicyclic amines) is 1. The molecule has 164 valence electrons. The lowest BCUT2D eigenvalue weighted by Crippen LogP contribution is -2.33. The summed E-state index contributed by atoms with van der Waals surface area (Å²) in [6, 6.07) is 4.08. The summed E-state index contributed by atoms with van der Waals surface area (Å²) in [7, 11) is 1.93. The van der Waals surface area contributed by atoms with E-state index in [9.17, 15) is 0 Å². The number of fused-ring (bicyclic) bond motifs is 1. The fourth-order valence-electron chi connectivity index (χ4n) is 5.17. The smallest absolute Gasteiger partial charge is 0.148 e. The SMILES string of the molecule is Cc1nn(C)cc1-c1ccc(NCC2CC3CN(CC(C)C(C)(C)C)CC3C2)nn1. The number of nitrogens with one attached hydrogen (secondary N) is 1. The van der Waals surface area contributed by atoms with Crippen molar-refractivity contribution in [3.63, 3.8) is 0 Å². The quantitative estimate of drug-likeness (QED) is 0.772. The van der Waals surface area contributed by atoms with Gasteiger partial charge in [0.2, 0.25) is 0 Å². The van der Waals surface area contributed by atoms with Crippen LogP contribution in [0.1, 0.15) is 46.2 Å². The van der Waals surface area contributed by atoms with Crippen LogP contribution in [0.4, 0.5) is 5.82 Å². The van der Waals surface area contributed by atoms with E-state index in [2.05, 4.69) is 53.2 Å². The molecule has 0 bridgehead atoms. The normalized spacial score (nSPS) is 25.5. The van der Waals surface area contributed by atoms with Gasteiger partial charge in [-0.05, 0) is 61.0 Å². The zero-order valence-electron chi connectivity index (χ0n) is 19.5. The van der Waals surface area contributed by atoms with E-state index in [4.69, 9.17) is 0 Å².